The van der Waals surface area contributed by atoms with Crippen molar-refractivity contribution in [1.29, 1.82) is 5.26 Å². The lowest BCUT2D eigenvalue weighted by Gasteiger charge is -2.21. The third-order valence-corrected chi connectivity index (χ3v) is 5.19. The Hall–Kier alpha value is -0.930. The van der Waals surface area contributed by atoms with Gasteiger partial charge in [-0.1, -0.05) is 0 Å². The smallest absolute Gasteiger partial charge is 0.224 e. The molecular formula is C11H14N4S2. The normalized spacial score (nSPS) is 19.6. The largest absolute Gasteiger partial charge is 0.353 e. The number of rotatable bonds is 3. The van der Waals surface area contributed by atoms with Crippen LogP contribution >= 0.6 is 23.5 Å². The molecule has 0 amide bonds. The Kier molecular flexibility index (Phi) is 4.51. The third kappa shape index (κ3) is 3.79. The highest BCUT2D eigenvalue weighted by molar-refractivity contribution is 8.06. The number of nitriles is 1. The van der Waals surface area contributed by atoms with Gasteiger partial charge in [-0.15, -0.1) is 0 Å². The van der Waals surface area contributed by atoms with Crippen molar-refractivity contribution < 1.29 is 0 Å². The molecule has 1 N–H and O–H groups in total. The highest BCUT2D eigenvalue weighted by Gasteiger charge is 2.14. The molecule has 1 unspecified atom stereocenters. The topological polar surface area (TPSA) is 61.6 Å². The fraction of sp³-hybridized carbons (Fsp3) is 0.545. The summed E-state index contributed by atoms with van der Waals surface area (Å²) in [6, 6.07) is 3.74. The Morgan fingerprint density at radius 2 is 2.41 bits per heavy atom. The van der Waals surface area contributed by atoms with Crippen molar-refractivity contribution in [2.24, 2.45) is 0 Å². The number of hydrogen-bond acceptors (Lipinski definition) is 6. The maximum Gasteiger partial charge on any atom is 0.224 e. The average molecular weight is 266 g/mol. The van der Waals surface area contributed by atoms with Crippen LogP contribution in [0, 0.1) is 18.3 Å². The van der Waals surface area contributed by atoms with Gasteiger partial charge in [-0.05, 0) is 13.0 Å². The number of anilines is 1. The summed E-state index contributed by atoms with van der Waals surface area (Å²) in [5.74, 6) is 4.21. The monoisotopic (exact) mass is 266 g/mol. The van der Waals surface area contributed by atoms with Gasteiger partial charge in [-0.25, -0.2) is 9.97 Å². The second-order valence-electron chi connectivity index (χ2n) is 3.78. The molecule has 4 nitrogen and oxygen atoms in total. The predicted molar refractivity (Wildman–Crippen MR) is 73.5 cm³/mol. The van der Waals surface area contributed by atoms with E-state index < -0.39 is 0 Å². The lowest BCUT2D eigenvalue weighted by atomic mass is 10.3. The van der Waals surface area contributed by atoms with Crippen LogP contribution < -0.4 is 5.32 Å². The molecular weight excluding hydrogens is 252 g/mol. The van der Waals surface area contributed by atoms with Crippen molar-refractivity contribution in [3.63, 3.8) is 0 Å². The number of thioether (sulfide) groups is 2. The summed E-state index contributed by atoms with van der Waals surface area (Å²) in [6.07, 6.45) is 0. The van der Waals surface area contributed by atoms with E-state index in [0.717, 1.165) is 12.2 Å². The Morgan fingerprint density at radius 3 is 3.12 bits per heavy atom. The summed E-state index contributed by atoms with van der Waals surface area (Å²) >= 11 is 3.99. The van der Waals surface area contributed by atoms with Crippen LogP contribution in [0.1, 0.15) is 11.4 Å². The second-order valence-corrected chi connectivity index (χ2v) is 6.34. The minimum Gasteiger partial charge on any atom is -0.353 e. The standard InChI is InChI=1S/C11H14N4S2/c1-8-4-9(5-12)15-11(14-8)13-6-10-7-16-2-3-17-10/h4,10H,2-3,6-7H2,1H3,(H,13,14,15). The van der Waals surface area contributed by atoms with Gasteiger partial charge in [-0.2, -0.15) is 28.8 Å². The van der Waals surface area contributed by atoms with Gasteiger partial charge in [-0.3, -0.25) is 0 Å². The maximum atomic E-state index is 8.83. The van der Waals surface area contributed by atoms with Crippen LogP contribution in [0.5, 0.6) is 0 Å². The quantitative estimate of drug-likeness (QED) is 0.902. The minimum absolute atomic E-state index is 0.422. The summed E-state index contributed by atoms with van der Waals surface area (Å²) < 4.78 is 0. The Balaban J connectivity index is 1.94. The summed E-state index contributed by atoms with van der Waals surface area (Å²) in [5.41, 5.74) is 1.25. The number of aromatic nitrogens is 2. The molecule has 0 aromatic carbocycles. The fourth-order valence-electron chi connectivity index (χ4n) is 1.56. The zero-order valence-corrected chi connectivity index (χ0v) is 11.3. The van der Waals surface area contributed by atoms with Gasteiger partial charge in [0.1, 0.15) is 11.8 Å². The van der Waals surface area contributed by atoms with E-state index in [0.29, 0.717) is 16.9 Å². The van der Waals surface area contributed by atoms with Crippen molar-refractivity contribution >= 4 is 29.5 Å². The first-order valence-electron chi connectivity index (χ1n) is 5.47. The van der Waals surface area contributed by atoms with Gasteiger partial charge in [0, 0.05) is 34.7 Å². The van der Waals surface area contributed by atoms with Crippen molar-refractivity contribution in [1.82, 2.24) is 9.97 Å². The molecule has 0 radical (unpaired) electrons. The van der Waals surface area contributed by atoms with Gasteiger partial charge in [0.15, 0.2) is 0 Å². The van der Waals surface area contributed by atoms with Crippen molar-refractivity contribution in [3.8, 4) is 6.07 Å². The summed E-state index contributed by atoms with van der Waals surface area (Å²) in [6.45, 7) is 2.74. The first-order valence-corrected chi connectivity index (χ1v) is 7.67. The molecule has 0 saturated carbocycles. The molecule has 0 aliphatic carbocycles. The predicted octanol–water partition coefficient (Wildman–Crippen LogP) is 1.92. The van der Waals surface area contributed by atoms with E-state index in [4.69, 9.17) is 5.26 Å². The van der Waals surface area contributed by atoms with Gasteiger partial charge < -0.3 is 5.32 Å². The lowest BCUT2D eigenvalue weighted by molar-refractivity contribution is 0.961. The molecule has 90 valence electrons. The van der Waals surface area contributed by atoms with E-state index in [1.165, 1.54) is 17.3 Å². The maximum absolute atomic E-state index is 8.83. The molecule has 17 heavy (non-hydrogen) atoms. The number of nitrogens with zero attached hydrogens (tertiary/aromatic N) is 3. The Morgan fingerprint density at radius 1 is 1.53 bits per heavy atom. The van der Waals surface area contributed by atoms with E-state index in [2.05, 4.69) is 15.3 Å². The number of aryl methyl sites for hydroxylation is 1. The van der Waals surface area contributed by atoms with E-state index in [9.17, 15) is 0 Å². The number of nitrogens with one attached hydrogen (secondary N) is 1. The molecule has 1 saturated heterocycles. The fourth-order valence-corrected chi connectivity index (χ4v) is 4.18. The van der Waals surface area contributed by atoms with Gasteiger partial charge >= 0.3 is 0 Å². The SMILES string of the molecule is Cc1cc(C#N)nc(NCC2CSCCS2)n1. The van der Waals surface area contributed by atoms with Crippen LogP contribution in [0.4, 0.5) is 5.95 Å². The van der Waals surface area contributed by atoms with E-state index >= 15 is 0 Å². The molecule has 6 heteroatoms. The second kappa shape index (κ2) is 6.12. The first-order chi connectivity index (χ1) is 8.28. The minimum atomic E-state index is 0.422. The van der Waals surface area contributed by atoms with Crippen molar-refractivity contribution in [3.05, 3.63) is 17.5 Å². The molecule has 1 fully saturated rings. The van der Waals surface area contributed by atoms with Crippen LogP contribution in [0.15, 0.2) is 6.07 Å². The van der Waals surface area contributed by atoms with Crippen LogP contribution in [0.3, 0.4) is 0 Å². The van der Waals surface area contributed by atoms with Crippen LogP contribution in [-0.2, 0) is 0 Å². The summed E-state index contributed by atoms with van der Waals surface area (Å²) in [5, 5.41) is 12.7. The first kappa shape index (κ1) is 12.5. The molecule has 1 atom stereocenters. The molecule has 2 rings (SSSR count). The molecule has 1 aromatic rings. The van der Waals surface area contributed by atoms with Gasteiger partial charge in [0.2, 0.25) is 5.95 Å². The zero-order chi connectivity index (χ0) is 12.1. The van der Waals surface area contributed by atoms with Gasteiger partial charge in [0.05, 0.1) is 0 Å². The van der Waals surface area contributed by atoms with Gasteiger partial charge in [0.25, 0.3) is 0 Å². The summed E-state index contributed by atoms with van der Waals surface area (Å²) in [7, 11) is 0. The molecule has 1 aliphatic rings. The van der Waals surface area contributed by atoms with E-state index in [1.807, 2.05) is 36.5 Å². The van der Waals surface area contributed by atoms with Crippen LogP contribution in [0.2, 0.25) is 0 Å². The van der Waals surface area contributed by atoms with Crippen molar-refractivity contribution in [2.45, 2.75) is 12.2 Å². The van der Waals surface area contributed by atoms with E-state index in [-0.39, 0.29) is 0 Å². The number of hydrogen-bond donors (Lipinski definition) is 1. The van der Waals surface area contributed by atoms with Crippen LogP contribution in [-0.4, -0.2) is 39.0 Å². The third-order valence-electron chi connectivity index (χ3n) is 2.34. The molecule has 1 aliphatic heterocycles. The average Bonchev–Trinajstić information content (AvgIpc) is 2.37. The molecule has 2 heterocycles. The highest BCUT2D eigenvalue weighted by atomic mass is 32.2. The summed E-state index contributed by atoms with van der Waals surface area (Å²) in [4.78, 5) is 8.41. The van der Waals surface area contributed by atoms with E-state index in [1.54, 1.807) is 6.07 Å². The Labute approximate surface area is 110 Å². The van der Waals surface area contributed by atoms with Crippen molar-refractivity contribution in [2.75, 3.05) is 29.1 Å². The van der Waals surface area contributed by atoms with Crippen LogP contribution in [0.25, 0.3) is 0 Å². The Bertz CT molecular complexity index is 424. The zero-order valence-electron chi connectivity index (χ0n) is 9.64. The molecule has 0 spiro atoms. The highest BCUT2D eigenvalue weighted by Crippen LogP contribution is 2.23. The molecule has 0 bridgehead atoms. The lowest BCUT2D eigenvalue weighted by Crippen LogP contribution is -2.24. The molecule has 1 aromatic heterocycles.